The average molecular weight is 328 g/mol. The van der Waals surface area contributed by atoms with Crippen molar-refractivity contribution in [1.29, 1.82) is 0 Å². The molecule has 0 saturated carbocycles. The summed E-state index contributed by atoms with van der Waals surface area (Å²) in [4.78, 5) is 0. The van der Waals surface area contributed by atoms with Gasteiger partial charge in [-0.2, -0.15) is 0 Å². The van der Waals surface area contributed by atoms with Crippen LogP contribution in [0.3, 0.4) is 0 Å². The summed E-state index contributed by atoms with van der Waals surface area (Å²) in [5.41, 5.74) is 0. The van der Waals surface area contributed by atoms with Crippen LogP contribution in [0.25, 0.3) is 0 Å². The maximum absolute atomic E-state index is 2.37. The Labute approximate surface area is 76.2 Å². The molecule has 0 aromatic carbocycles. The van der Waals surface area contributed by atoms with E-state index >= 15 is 0 Å². The molecule has 0 aliphatic heterocycles. The zero-order valence-electron chi connectivity index (χ0n) is 4.94. The fraction of sp³-hybridized carbons (Fsp3) is 1.00. The standard InChI is InChI=1S/C4H11IN.HI/c1-6(2,3)4-5;/h4H2,1-3H3;1H/q+1;. The maximum atomic E-state index is 2.37. The summed E-state index contributed by atoms with van der Waals surface area (Å²) in [7, 11) is 6.52. The van der Waals surface area contributed by atoms with Crippen molar-refractivity contribution in [2.75, 3.05) is 25.7 Å². The van der Waals surface area contributed by atoms with Crippen molar-refractivity contribution >= 4 is 46.6 Å². The van der Waals surface area contributed by atoms with E-state index in [1.807, 2.05) is 0 Å². The van der Waals surface area contributed by atoms with Crippen LogP contribution < -0.4 is 0 Å². The smallest absolute Gasteiger partial charge is 0.129 e. The number of nitrogens with zero attached hydrogens (tertiary/aromatic N) is 1. The van der Waals surface area contributed by atoms with Crippen LogP contribution in [0.15, 0.2) is 0 Å². The molecule has 0 aliphatic rings. The molecule has 0 saturated heterocycles. The van der Waals surface area contributed by atoms with Gasteiger partial charge in [-0.05, 0) is 22.6 Å². The van der Waals surface area contributed by atoms with Crippen molar-refractivity contribution in [3.8, 4) is 0 Å². The monoisotopic (exact) mass is 328 g/mol. The first-order chi connectivity index (χ1) is 2.56. The summed E-state index contributed by atoms with van der Waals surface area (Å²) in [6.45, 7) is 0. The second kappa shape index (κ2) is 4.31. The highest BCUT2D eigenvalue weighted by Gasteiger charge is 1.99. The Hall–Kier alpha value is 1.42. The molecule has 0 rings (SSSR count). The van der Waals surface area contributed by atoms with E-state index in [0.717, 1.165) is 4.48 Å². The fourth-order valence-electron chi connectivity index (χ4n) is 0. The van der Waals surface area contributed by atoms with Gasteiger partial charge >= 0.3 is 0 Å². The second-order valence-electron chi connectivity index (χ2n) is 2.41. The molecular weight excluding hydrogens is 316 g/mol. The van der Waals surface area contributed by atoms with Gasteiger partial charge in [-0.1, -0.05) is 0 Å². The molecule has 0 aliphatic carbocycles. The van der Waals surface area contributed by atoms with Crippen molar-refractivity contribution in [2.45, 2.75) is 0 Å². The number of hydrogen-bond donors (Lipinski definition) is 0. The lowest BCUT2D eigenvalue weighted by Gasteiger charge is -2.19. The first kappa shape index (κ1) is 11.2. The predicted octanol–water partition coefficient (Wildman–Crippen LogP) is 1.70. The third kappa shape index (κ3) is 11.2. The number of rotatable bonds is 1. The number of halogens is 2. The van der Waals surface area contributed by atoms with E-state index in [0.29, 0.717) is 0 Å². The van der Waals surface area contributed by atoms with Gasteiger partial charge in [0.2, 0.25) is 0 Å². The molecule has 0 fully saturated rings. The summed E-state index contributed by atoms with van der Waals surface area (Å²) < 4.78 is 2.23. The Kier molecular flexibility index (Phi) is 6.93. The summed E-state index contributed by atoms with van der Waals surface area (Å²) >= 11 is 2.37. The van der Waals surface area contributed by atoms with Crippen LogP contribution in [0.2, 0.25) is 0 Å². The summed E-state index contributed by atoms with van der Waals surface area (Å²) in [5, 5.41) is 0. The van der Waals surface area contributed by atoms with Gasteiger partial charge < -0.3 is 4.48 Å². The Morgan fingerprint density at radius 1 is 1.29 bits per heavy atom. The Balaban J connectivity index is 0. The molecule has 0 unspecified atom stereocenters. The van der Waals surface area contributed by atoms with Crippen LogP contribution in [0.4, 0.5) is 0 Å². The number of alkyl halides is 1. The maximum Gasteiger partial charge on any atom is 0.129 e. The zero-order valence-corrected chi connectivity index (χ0v) is 9.43. The van der Waals surface area contributed by atoms with E-state index in [-0.39, 0.29) is 24.0 Å². The Morgan fingerprint density at radius 2 is 1.43 bits per heavy atom. The molecule has 0 atom stereocenters. The van der Waals surface area contributed by atoms with Crippen molar-refractivity contribution in [3.05, 3.63) is 0 Å². The fourth-order valence-corrected chi connectivity index (χ4v) is 0. The lowest BCUT2D eigenvalue weighted by Crippen LogP contribution is -2.31. The molecule has 0 amide bonds. The molecule has 0 spiro atoms. The molecule has 0 N–H and O–H groups in total. The quantitative estimate of drug-likeness (QED) is 0.298. The minimum absolute atomic E-state index is 0. The molecule has 0 aromatic heterocycles. The van der Waals surface area contributed by atoms with E-state index < -0.39 is 0 Å². The Bertz CT molecular complexity index is 39.4. The van der Waals surface area contributed by atoms with Crippen LogP contribution >= 0.6 is 46.6 Å². The summed E-state index contributed by atoms with van der Waals surface area (Å²) in [6, 6.07) is 0. The third-order valence-electron chi connectivity index (χ3n) is 0.359. The van der Waals surface area contributed by atoms with E-state index in [2.05, 4.69) is 43.7 Å². The minimum atomic E-state index is 0. The van der Waals surface area contributed by atoms with Gasteiger partial charge in [0, 0.05) is 0 Å². The molecule has 0 aromatic rings. The van der Waals surface area contributed by atoms with Crippen LogP contribution in [-0.4, -0.2) is 30.2 Å². The van der Waals surface area contributed by atoms with Crippen LogP contribution in [0.1, 0.15) is 0 Å². The van der Waals surface area contributed by atoms with Crippen molar-refractivity contribution in [3.63, 3.8) is 0 Å². The first-order valence-corrected chi connectivity index (χ1v) is 3.45. The normalized spacial score (nSPS) is 10.3. The SMILES string of the molecule is C[N+](C)(C)CI.I. The van der Waals surface area contributed by atoms with Crippen molar-refractivity contribution in [2.24, 2.45) is 0 Å². The van der Waals surface area contributed by atoms with Gasteiger partial charge in [-0.15, -0.1) is 24.0 Å². The third-order valence-corrected chi connectivity index (χ3v) is 2.41. The predicted molar refractivity (Wildman–Crippen MR) is 52.3 cm³/mol. The number of quaternary nitrogens is 1. The molecule has 0 radical (unpaired) electrons. The van der Waals surface area contributed by atoms with Gasteiger partial charge in [0.15, 0.2) is 0 Å². The topological polar surface area (TPSA) is 0 Å². The number of hydrogen-bond acceptors (Lipinski definition) is 0. The van der Waals surface area contributed by atoms with Gasteiger partial charge in [-0.25, -0.2) is 0 Å². The lowest BCUT2D eigenvalue weighted by molar-refractivity contribution is -0.853. The molecule has 0 heterocycles. The van der Waals surface area contributed by atoms with Gasteiger partial charge in [0.1, 0.15) is 4.55 Å². The highest BCUT2D eigenvalue weighted by molar-refractivity contribution is 14.1. The minimum Gasteiger partial charge on any atom is -0.323 e. The lowest BCUT2D eigenvalue weighted by atomic mass is 10.8. The van der Waals surface area contributed by atoms with Crippen molar-refractivity contribution in [1.82, 2.24) is 0 Å². The van der Waals surface area contributed by atoms with Gasteiger partial charge in [0.05, 0.1) is 21.1 Å². The zero-order chi connectivity index (χ0) is 5.21. The summed E-state index contributed by atoms with van der Waals surface area (Å²) in [6.07, 6.45) is 0. The molecule has 3 heteroatoms. The second-order valence-corrected chi connectivity index (χ2v) is 3.09. The summed E-state index contributed by atoms with van der Waals surface area (Å²) in [5.74, 6) is 0. The van der Waals surface area contributed by atoms with Gasteiger partial charge in [-0.3, -0.25) is 0 Å². The van der Waals surface area contributed by atoms with Crippen LogP contribution in [0.5, 0.6) is 0 Å². The average Bonchev–Trinajstić information content (AvgIpc) is 1.35. The molecule has 1 nitrogen and oxygen atoms in total. The van der Waals surface area contributed by atoms with E-state index in [1.165, 1.54) is 4.55 Å². The molecular formula is C4H12I2N+. The van der Waals surface area contributed by atoms with E-state index in [1.54, 1.807) is 0 Å². The van der Waals surface area contributed by atoms with Crippen molar-refractivity contribution < 1.29 is 4.48 Å². The Morgan fingerprint density at radius 3 is 1.43 bits per heavy atom. The van der Waals surface area contributed by atoms with Crippen LogP contribution in [0, 0.1) is 0 Å². The molecule has 0 bridgehead atoms. The molecule has 46 valence electrons. The van der Waals surface area contributed by atoms with Crippen LogP contribution in [-0.2, 0) is 0 Å². The van der Waals surface area contributed by atoms with Gasteiger partial charge in [0.25, 0.3) is 0 Å². The highest BCUT2D eigenvalue weighted by Crippen LogP contribution is 1.93. The largest absolute Gasteiger partial charge is 0.323 e. The molecule has 7 heavy (non-hydrogen) atoms. The first-order valence-electron chi connectivity index (χ1n) is 1.93. The highest BCUT2D eigenvalue weighted by atomic mass is 127. The van der Waals surface area contributed by atoms with E-state index in [4.69, 9.17) is 0 Å². The van der Waals surface area contributed by atoms with E-state index in [9.17, 15) is 0 Å².